The van der Waals surface area contributed by atoms with E-state index in [4.69, 9.17) is 4.98 Å². The van der Waals surface area contributed by atoms with Gasteiger partial charge in [-0.2, -0.15) is 0 Å². The molecule has 0 spiro atoms. The number of sulfonamides is 2. The molecule has 12 heteroatoms. The standard InChI is InChI=1S/C20H24N4O6S2/c1-21-31(27,28)13-8-9-18(12(10-13)11-25)32(29,30)24-20(26)23-19-14-4-2-6-16(14)22-17-7-3-5-15(17)19/h8-10,21,25H,2-7,11H2,1H3,(H2,22,23,24,26). The molecule has 10 nitrogen and oxygen atoms in total. The molecule has 2 aliphatic rings. The van der Waals surface area contributed by atoms with Gasteiger partial charge in [0, 0.05) is 11.4 Å². The lowest BCUT2D eigenvalue weighted by Gasteiger charge is -2.16. The molecular formula is C20H24N4O6S2. The van der Waals surface area contributed by atoms with E-state index in [1.54, 1.807) is 0 Å². The Bertz CT molecular complexity index is 1270. The van der Waals surface area contributed by atoms with Gasteiger partial charge in [-0.3, -0.25) is 4.98 Å². The number of hydrogen-bond acceptors (Lipinski definition) is 7. The quantitative estimate of drug-likeness (QED) is 0.480. The van der Waals surface area contributed by atoms with E-state index in [-0.39, 0.29) is 15.4 Å². The van der Waals surface area contributed by atoms with Crippen molar-refractivity contribution in [1.29, 1.82) is 0 Å². The van der Waals surface area contributed by atoms with Crippen LogP contribution < -0.4 is 14.8 Å². The molecule has 172 valence electrons. The number of benzene rings is 1. The normalized spacial score (nSPS) is 15.3. The summed E-state index contributed by atoms with van der Waals surface area (Å²) in [5.41, 5.74) is 4.31. The van der Waals surface area contributed by atoms with Crippen molar-refractivity contribution in [3.63, 3.8) is 0 Å². The molecular weight excluding hydrogens is 456 g/mol. The van der Waals surface area contributed by atoms with E-state index in [1.807, 2.05) is 4.72 Å². The average Bonchev–Trinajstić information content (AvgIpc) is 3.42. The van der Waals surface area contributed by atoms with Crippen molar-refractivity contribution >= 4 is 31.8 Å². The third kappa shape index (κ3) is 4.10. The first-order valence-corrected chi connectivity index (χ1v) is 13.2. The van der Waals surface area contributed by atoms with Crippen molar-refractivity contribution in [3.8, 4) is 0 Å². The van der Waals surface area contributed by atoms with Crippen LogP contribution in [0.3, 0.4) is 0 Å². The Labute approximate surface area is 186 Å². The fourth-order valence-corrected chi connectivity index (χ4v) is 6.18. The lowest BCUT2D eigenvalue weighted by Crippen LogP contribution is -2.35. The second kappa shape index (κ2) is 8.43. The van der Waals surface area contributed by atoms with Gasteiger partial charge in [0.1, 0.15) is 0 Å². The van der Waals surface area contributed by atoms with E-state index >= 15 is 0 Å². The van der Waals surface area contributed by atoms with Gasteiger partial charge >= 0.3 is 6.03 Å². The molecule has 1 heterocycles. The third-order valence-corrected chi connectivity index (χ3v) is 8.63. The van der Waals surface area contributed by atoms with Gasteiger partial charge in [-0.05, 0) is 80.5 Å². The van der Waals surface area contributed by atoms with E-state index in [2.05, 4.69) is 10.0 Å². The van der Waals surface area contributed by atoms with Crippen molar-refractivity contribution in [2.45, 2.75) is 54.9 Å². The second-order valence-electron chi connectivity index (χ2n) is 7.74. The average molecular weight is 481 g/mol. The molecule has 0 saturated carbocycles. The highest BCUT2D eigenvalue weighted by Crippen LogP contribution is 2.36. The predicted molar refractivity (Wildman–Crippen MR) is 116 cm³/mol. The van der Waals surface area contributed by atoms with Crippen LogP contribution in [0.2, 0.25) is 0 Å². The Morgan fingerprint density at radius 2 is 1.62 bits per heavy atom. The van der Waals surface area contributed by atoms with Crippen LogP contribution in [0.15, 0.2) is 28.0 Å². The van der Waals surface area contributed by atoms with Crippen LogP contribution in [0.1, 0.15) is 40.9 Å². The molecule has 0 unspecified atom stereocenters. The zero-order valence-electron chi connectivity index (χ0n) is 17.4. The molecule has 2 aromatic rings. The van der Waals surface area contributed by atoms with E-state index in [1.165, 1.54) is 7.05 Å². The number of nitrogens with zero attached hydrogens (tertiary/aromatic N) is 1. The molecule has 0 fully saturated rings. The van der Waals surface area contributed by atoms with E-state index in [0.29, 0.717) is 5.69 Å². The van der Waals surface area contributed by atoms with E-state index < -0.39 is 32.7 Å². The highest BCUT2D eigenvalue weighted by molar-refractivity contribution is 7.90. The number of aliphatic hydroxyl groups excluding tert-OH is 1. The number of aliphatic hydroxyl groups is 1. The Balaban J connectivity index is 1.61. The van der Waals surface area contributed by atoms with Gasteiger partial charge in [-0.1, -0.05) is 0 Å². The summed E-state index contributed by atoms with van der Waals surface area (Å²) >= 11 is 0. The van der Waals surface area contributed by atoms with Crippen LogP contribution in [0.25, 0.3) is 0 Å². The largest absolute Gasteiger partial charge is 0.392 e. The van der Waals surface area contributed by atoms with Gasteiger partial charge < -0.3 is 10.4 Å². The van der Waals surface area contributed by atoms with Gasteiger partial charge in [0.15, 0.2) is 0 Å². The number of carbonyl (C=O) groups excluding carboxylic acids is 1. The molecule has 0 aliphatic heterocycles. The number of nitrogens with one attached hydrogen (secondary N) is 3. The summed E-state index contributed by atoms with van der Waals surface area (Å²) in [6.07, 6.45) is 5.07. The molecule has 4 rings (SSSR count). The highest BCUT2D eigenvalue weighted by atomic mass is 32.2. The Morgan fingerprint density at radius 3 is 2.19 bits per heavy atom. The van der Waals surface area contributed by atoms with Gasteiger partial charge in [0.05, 0.1) is 22.1 Å². The Morgan fingerprint density at radius 1 is 1.00 bits per heavy atom. The number of urea groups is 1. The summed E-state index contributed by atoms with van der Waals surface area (Å²) in [4.78, 5) is 16.8. The summed E-state index contributed by atoms with van der Waals surface area (Å²) in [5, 5.41) is 12.3. The SMILES string of the molecule is CNS(=O)(=O)c1ccc(S(=O)(=O)NC(=O)Nc2c3c(nc4c2CCC4)CCC3)c(CO)c1. The Kier molecular flexibility index (Phi) is 5.96. The molecule has 2 amide bonds. The number of amides is 2. The van der Waals surface area contributed by atoms with E-state index in [9.17, 15) is 26.7 Å². The van der Waals surface area contributed by atoms with Crippen LogP contribution in [0.4, 0.5) is 10.5 Å². The maximum Gasteiger partial charge on any atom is 0.333 e. The minimum Gasteiger partial charge on any atom is -0.392 e. The van der Waals surface area contributed by atoms with Crippen molar-refractivity contribution in [3.05, 3.63) is 46.3 Å². The lowest BCUT2D eigenvalue weighted by atomic mass is 10.1. The molecule has 0 atom stereocenters. The minimum atomic E-state index is -4.37. The molecule has 1 aromatic heterocycles. The zero-order chi connectivity index (χ0) is 23.1. The monoisotopic (exact) mass is 480 g/mol. The number of pyridine rings is 1. The molecule has 32 heavy (non-hydrogen) atoms. The number of aryl methyl sites for hydroxylation is 2. The molecule has 2 aliphatic carbocycles. The van der Waals surface area contributed by atoms with Crippen molar-refractivity contribution in [1.82, 2.24) is 14.4 Å². The third-order valence-electron chi connectivity index (χ3n) is 5.79. The summed E-state index contributed by atoms with van der Waals surface area (Å²) in [6, 6.07) is 2.28. The van der Waals surface area contributed by atoms with Crippen LogP contribution in [0.5, 0.6) is 0 Å². The molecule has 4 N–H and O–H groups in total. The first-order valence-electron chi connectivity index (χ1n) is 10.2. The zero-order valence-corrected chi connectivity index (χ0v) is 19.1. The number of fused-ring (bicyclic) bond motifs is 2. The molecule has 0 saturated heterocycles. The molecule has 1 aromatic carbocycles. The highest BCUT2D eigenvalue weighted by Gasteiger charge is 2.28. The summed E-state index contributed by atoms with van der Waals surface area (Å²) in [5.74, 6) is 0. The second-order valence-corrected chi connectivity index (χ2v) is 11.3. The minimum absolute atomic E-state index is 0.146. The van der Waals surface area contributed by atoms with Gasteiger partial charge in [-0.15, -0.1) is 0 Å². The fraction of sp³-hybridized carbons (Fsp3) is 0.400. The van der Waals surface area contributed by atoms with Crippen molar-refractivity contribution in [2.24, 2.45) is 0 Å². The van der Waals surface area contributed by atoms with Gasteiger partial charge in [0.2, 0.25) is 10.0 Å². The number of rotatable bonds is 6. The maximum absolute atomic E-state index is 12.9. The molecule has 0 radical (unpaired) electrons. The summed E-state index contributed by atoms with van der Waals surface area (Å²) in [6.45, 7) is -0.726. The number of anilines is 1. The topological polar surface area (TPSA) is 155 Å². The number of hydrogen-bond donors (Lipinski definition) is 4. The van der Waals surface area contributed by atoms with Crippen molar-refractivity contribution < 1.29 is 26.7 Å². The van der Waals surface area contributed by atoms with Crippen molar-refractivity contribution in [2.75, 3.05) is 12.4 Å². The van der Waals surface area contributed by atoms with Gasteiger partial charge in [0.25, 0.3) is 10.0 Å². The van der Waals surface area contributed by atoms with Crippen LogP contribution in [-0.2, 0) is 52.3 Å². The number of aromatic nitrogens is 1. The first kappa shape index (κ1) is 22.6. The van der Waals surface area contributed by atoms with Crippen LogP contribution in [-0.4, -0.2) is 40.0 Å². The van der Waals surface area contributed by atoms with Crippen LogP contribution in [0, 0.1) is 0 Å². The number of carbonyl (C=O) groups is 1. The smallest absolute Gasteiger partial charge is 0.333 e. The first-order chi connectivity index (χ1) is 15.2. The maximum atomic E-state index is 12.9. The van der Waals surface area contributed by atoms with E-state index in [0.717, 1.165) is 79.2 Å². The fourth-order valence-electron chi connectivity index (χ4n) is 4.28. The van der Waals surface area contributed by atoms with Crippen LogP contribution >= 0.6 is 0 Å². The molecule has 0 bridgehead atoms. The summed E-state index contributed by atoms with van der Waals surface area (Å²) in [7, 11) is -6.98. The Hall–Kier alpha value is -2.54. The predicted octanol–water partition coefficient (Wildman–Crippen LogP) is 0.970. The lowest BCUT2D eigenvalue weighted by molar-refractivity contribution is 0.256. The van der Waals surface area contributed by atoms with Gasteiger partial charge in [-0.25, -0.2) is 31.1 Å². The summed E-state index contributed by atoms with van der Waals surface area (Å²) < 4.78 is 53.7.